The van der Waals surface area contributed by atoms with Gasteiger partial charge in [0.05, 0.1) is 12.6 Å². The van der Waals surface area contributed by atoms with Crippen molar-refractivity contribution in [3.8, 4) is 5.75 Å². The summed E-state index contributed by atoms with van der Waals surface area (Å²) in [5, 5.41) is 12.4. The Morgan fingerprint density at radius 1 is 1.03 bits per heavy atom. The van der Waals surface area contributed by atoms with Gasteiger partial charge in [0.25, 0.3) is 5.91 Å². The Morgan fingerprint density at radius 2 is 1.77 bits per heavy atom. The summed E-state index contributed by atoms with van der Waals surface area (Å²) in [6, 6.07) is 17.1. The van der Waals surface area contributed by atoms with Gasteiger partial charge in [-0.15, -0.1) is 11.8 Å². The van der Waals surface area contributed by atoms with Crippen molar-refractivity contribution in [3.63, 3.8) is 0 Å². The fourth-order valence-corrected chi connectivity index (χ4v) is 5.38. The molecule has 3 heterocycles. The Bertz CT molecular complexity index is 1180. The lowest BCUT2D eigenvalue weighted by molar-refractivity contribution is 0.0667. The second-order valence-electron chi connectivity index (χ2n) is 7.49. The number of pyridine rings is 1. The van der Waals surface area contributed by atoms with E-state index in [0.717, 1.165) is 27.3 Å². The predicted octanol–water partition coefficient (Wildman–Crippen LogP) is 3.27. The van der Waals surface area contributed by atoms with Crippen LogP contribution in [0.4, 0.5) is 4.39 Å². The highest BCUT2D eigenvalue weighted by atomic mass is 32.2. The molecule has 31 heavy (non-hydrogen) atoms. The number of alkyl halides is 1. The lowest BCUT2D eigenvalue weighted by Crippen LogP contribution is -2.56. The smallest absolute Gasteiger partial charge is 0.277 e. The van der Waals surface area contributed by atoms with E-state index in [1.165, 1.54) is 17.2 Å². The Hall–Kier alpha value is -3.26. The SMILES string of the molecule is O=C1c2c(O)c(=O)ccn2N(C2c3ccccc3CSc3ccccc32)CN1CCF. The number of aromatic nitrogens is 1. The van der Waals surface area contributed by atoms with E-state index in [2.05, 4.69) is 18.2 Å². The van der Waals surface area contributed by atoms with Crippen LogP contribution >= 0.6 is 11.8 Å². The summed E-state index contributed by atoms with van der Waals surface area (Å²) in [7, 11) is 0. The number of hydrogen-bond acceptors (Lipinski definition) is 5. The van der Waals surface area contributed by atoms with Crippen molar-refractivity contribution in [2.24, 2.45) is 0 Å². The molecule has 1 aromatic heterocycles. The summed E-state index contributed by atoms with van der Waals surface area (Å²) in [6.07, 6.45) is 1.51. The van der Waals surface area contributed by atoms with Gasteiger partial charge >= 0.3 is 0 Å². The van der Waals surface area contributed by atoms with Crippen LogP contribution in [0.2, 0.25) is 0 Å². The lowest BCUT2D eigenvalue weighted by Gasteiger charge is -2.44. The normalized spacial score (nSPS) is 17.6. The van der Waals surface area contributed by atoms with Gasteiger partial charge in [-0.1, -0.05) is 42.5 Å². The van der Waals surface area contributed by atoms with Crippen molar-refractivity contribution in [2.75, 3.05) is 24.9 Å². The van der Waals surface area contributed by atoms with E-state index in [1.807, 2.05) is 35.3 Å². The molecule has 0 spiro atoms. The van der Waals surface area contributed by atoms with E-state index in [-0.39, 0.29) is 24.9 Å². The number of benzene rings is 2. The monoisotopic (exact) mass is 437 g/mol. The van der Waals surface area contributed by atoms with Gasteiger partial charge in [-0.25, -0.2) is 4.39 Å². The van der Waals surface area contributed by atoms with E-state index >= 15 is 0 Å². The zero-order valence-corrected chi connectivity index (χ0v) is 17.4. The molecule has 0 bridgehead atoms. The number of amides is 1. The Kier molecular flexibility index (Phi) is 4.94. The average Bonchev–Trinajstić information content (AvgIpc) is 2.95. The molecule has 0 radical (unpaired) electrons. The molecule has 2 aliphatic heterocycles. The first-order chi connectivity index (χ1) is 15.1. The summed E-state index contributed by atoms with van der Waals surface area (Å²) in [5.41, 5.74) is 2.50. The minimum absolute atomic E-state index is 0.121. The minimum atomic E-state index is -0.717. The van der Waals surface area contributed by atoms with Gasteiger partial charge in [-0.3, -0.25) is 19.3 Å². The second-order valence-corrected chi connectivity index (χ2v) is 8.51. The van der Waals surface area contributed by atoms with E-state index < -0.39 is 23.8 Å². The molecule has 3 aromatic rings. The first kappa shape index (κ1) is 19.7. The van der Waals surface area contributed by atoms with Crippen LogP contribution in [0.5, 0.6) is 5.75 Å². The molecule has 0 saturated carbocycles. The van der Waals surface area contributed by atoms with Gasteiger partial charge in [0.15, 0.2) is 11.4 Å². The van der Waals surface area contributed by atoms with Gasteiger partial charge in [-0.05, 0) is 22.8 Å². The molecule has 8 heteroatoms. The summed E-state index contributed by atoms with van der Waals surface area (Å²) >= 11 is 1.74. The largest absolute Gasteiger partial charge is 0.502 e. The number of halogens is 1. The van der Waals surface area contributed by atoms with Gasteiger partial charge in [0, 0.05) is 22.9 Å². The predicted molar refractivity (Wildman–Crippen MR) is 117 cm³/mol. The first-order valence-corrected chi connectivity index (χ1v) is 10.9. The average molecular weight is 437 g/mol. The Labute approximate surface area is 182 Å². The fourth-order valence-electron chi connectivity index (χ4n) is 4.28. The van der Waals surface area contributed by atoms with Crippen LogP contribution < -0.4 is 10.4 Å². The van der Waals surface area contributed by atoms with Crippen molar-refractivity contribution < 1.29 is 14.3 Å². The maximum Gasteiger partial charge on any atom is 0.277 e. The molecule has 0 aliphatic carbocycles. The van der Waals surface area contributed by atoms with Gasteiger partial charge in [0.1, 0.15) is 13.3 Å². The maximum absolute atomic E-state index is 13.3. The summed E-state index contributed by atoms with van der Waals surface area (Å²) < 4.78 is 14.8. The van der Waals surface area contributed by atoms with Crippen LogP contribution in [0.3, 0.4) is 0 Å². The molecule has 1 amide bonds. The van der Waals surface area contributed by atoms with Crippen molar-refractivity contribution in [3.05, 3.63) is 93.4 Å². The van der Waals surface area contributed by atoms with Crippen molar-refractivity contribution in [1.82, 2.24) is 9.58 Å². The summed E-state index contributed by atoms with van der Waals surface area (Å²) in [5.74, 6) is -0.383. The summed E-state index contributed by atoms with van der Waals surface area (Å²) in [6.45, 7) is -0.718. The number of fused-ring (bicyclic) bond motifs is 3. The Balaban J connectivity index is 1.77. The lowest BCUT2D eigenvalue weighted by atomic mass is 9.94. The molecule has 2 aromatic carbocycles. The summed E-state index contributed by atoms with van der Waals surface area (Å²) in [4.78, 5) is 27.5. The van der Waals surface area contributed by atoms with E-state index in [4.69, 9.17) is 0 Å². The third-order valence-electron chi connectivity index (χ3n) is 5.73. The highest BCUT2D eigenvalue weighted by molar-refractivity contribution is 7.98. The van der Waals surface area contributed by atoms with Crippen LogP contribution in [0.15, 0.2) is 70.5 Å². The van der Waals surface area contributed by atoms with Gasteiger partial charge in [0.2, 0.25) is 5.43 Å². The molecule has 6 nitrogen and oxygen atoms in total. The number of carbonyl (C=O) groups is 1. The molecule has 158 valence electrons. The minimum Gasteiger partial charge on any atom is -0.502 e. The third-order valence-corrected chi connectivity index (χ3v) is 6.87. The van der Waals surface area contributed by atoms with Gasteiger partial charge < -0.3 is 10.0 Å². The van der Waals surface area contributed by atoms with Crippen molar-refractivity contribution in [1.29, 1.82) is 0 Å². The number of rotatable bonds is 3. The molecule has 2 aliphatic rings. The van der Waals surface area contributed by atoms with Crippen molar-refractivity contribution in [2.45, 2.75) is 16.7 Å². The highest BCUT2D eigenvalue weighted by Crippen LogP contribution is 2.42. The van der Waals surface area contributed by atoms with Crippen LogP contribution in [-0.2, 0) is 5.75 Å². The number of hydrogen-bond donors (Lipinski definition) is 1. The van der Waals surface area contributed by atoms with Gasteiger partial charge in [-0.2, -0.15) is 0 Å². The van der Waals surface area contributed by atoms with Crippen LogP contribution in [0.1, 0.15) is 33.2 Å². The number of thioether (sulfide) groups is 1. The van der Waals surface area contributed by atoms with E-state index in [0.29, 0.717) is 0 Å². The standard InChI is InChI=1S/C23H20FN3O3S/c24-10-12-25-14-27(26-11-9-18(28)22(29)21(26)23(25)30)20-16-6-2-1-5-15(16)13-31-19-8-4-3-7-17(19)20/h1-9,11,20,29H,10,12-14H2. The molecular weight excluding hydrogens is 417 g/mol. The second kappa shape index (κ2) is 7.77. The number of nitrogens with zero attached hydrogens (tertiary/aromatic N) is 3. The zero-order chi connectivity index (χ0) is 21.5. The van der Waals surface area contributed by atoms with Crippen LogP contribution in [0, 0.1) is 0 Å². The zero-order valence-electron chi connectivity index (χ0n) is 16.6. The molecule has 1 N–H and O–H groups in total. The fraction of sp³-hybridized carbons (Fsp3) is 0.217. The molecule has 1 unspecified atom stereocenters. The topological polar surface area (TPSA) is 65.8 Å². The van der Waals surface area contributed by atoms with E-state index in [9.17, 15) is 19.1 Å². The molecule has 0 saturated heterocycles. The first-order valence-electron chi connectivity index (χ1n) is 9.96. The Morgan fingerprint density at radius 3 is 2.58 bits per heavy atom. The molecule has 0 fully saturated rings. The van der Waals surface area contributed by atoms with Crippen molar-refractivity contribution >= 4 is 17.7 Å². The molecular formula is C23H20FN3O3S. The maximum atomic E-state index is 13.3. The number of carbonyl (C=O) groups excluding carboxylic acids is 1. The highest BCUT2D eigenvalue weighted by Gasteiger charge is 2.38. The molecule has 1 atom stereocenters. The quantitative estimate of drug-likeness (QED) is 0.681. The van der Waals surface area contributed by atoms with Crippen LogP contribution in [0.25, 0.3) is 0 Å². The van der Waals surface area contributed by atoms with E-state index in [1.54, 1.807) is 16.4 Å². The number of aromatic hydroxyl groups is 1. The van der Waals surface area contributed by atoms with Crippen LogP contribution in [-0.4, -0.2) is 40.5 Å². The molecule has 5 rings (SSSR count). The third kappa shape index (κ3) is 3.18.